The van der Waals surface area contributed by atoms with E-state index in [1.165, 1.54) is 13.8 Å². The number of aromatic nitrogens is 2. The molecule has 208 valence electrons. The molecule has 12 nitrogen and oxygen atoms in total. The fourth-order valence-electron chi connectivity index (χ4n) is 5.26. The third-order valence-electron chi connectivity index (χ3n) is 7.25. The van der Waals surface area contributed by atoms with E-state index in [1.807, 2.05) is 12.1 Å². The number of amides is 3. The summed E-state index contributed by atoms with van der Waals surface area (Å²) in [6.07, 6.45) is 2.47. The number of hydrogen-bond donors (Lipinski definition) is 3. The van der Waals surface area contributed by atoms with Gasteiger partial charge in [0.05, 0.1) is 25.3 Å². The van der Waals surface area contributed by atoms with Gasteiger partial charge in [0, 0.05) is 56.1 Å². The first kappa shape index (κ1) is 26.8. The van der Waals surface area contributed by atoms with Gasteiger partial charge in [-0.2, -0.15) is 5.10 Å². The summed E-state index contributed by atoms with van der Waals surface area (Å²) >= 11 is 0. The van der Waals surface area contributed by atoms with Gasteiger partial charge in [-0.3, -0.25) is 19.8 Å². The molecule has 0 bridgehead atoms. The zero-order valence-electron chi connectivity index (χ0n) is 22.8. The lowest BCUT2D eigenvalue weighted by Gasteiger charge is -2.45. The van der Waals surface area contributed by atoms with Crippen LogP contribution in [0.5, 0.6) is 0 Å². The zero-order valence-corrected chi connectivity index (χ0v) is 22.8. The van der Waals surface area contributed by atoms with Crippen LogP contribution in [-0.2, 0) is 16.6 Å². The van der Waals surface area contributed by atoms with Crippen LogP contribution in [0.3, 0.4) is 0 Å². The number of likely N-dealkylation sites (tertiary alicyclic amines) is 1. The van der Waals surface area contributed by atoms with Gasteiger partial charge in [-0.15, -0.1) is 0 Å². The van der Waals surface area contributed by atoms with E-state index in [-0.39, 0.29) is 29.9 Å². The van der Waals surface area contributed by atoms with E-state index >= 15 is 0 Å². The van der Waals surface area contributed by atoms with Crippen LogP contribution < -0.4 is 10.6 Å². The number of aryl methyl sites for hydroxylation is 1. The molecule has 3 atom stereocenters. The second-order valence-corrected chi connectivity index (χ2v) is 10.8. The highest BCUT2D eigenvalue weighted by molar-refractivity contribution is 6.09. The molecule has 0 aliphatic carbocycles. The Morgan fingerprint density at radius 3 is 2.56 bits per heavy atom. The van der Waals surface area contributed by atoms with Gasteiger partial charge in [-0.1, -0.05) is 0 Å². The average molecular weight is 537 g/mol. The molecule has 2 unspecified atom stereocenters. The molecule has 4 heterocycles. The van der Waals surface area contributed by atoms with E-state index < -0.39 is 5.60 Å². The molecule has 3 aliphatic heterocycles. The Labute approximate surface area is 227 Å². The number of ether oxygens (including phenoxy) is 1. The molecule has 2 saturated heterocycles. The number of morpholine rings is 1. The lowest BCUT2D eigenvalue weighted by molar-refractivity contribution is -0.149. The minimum Gasteiger partial charge on any atom is -0.381 e. The van der Waals surface area contributed by atoms with Gasteiger partial charge in [0.15, 0.2) is 11.7 Å². The van der Waals surface area contributed by atoms with E-state index in [1.54, 1.807) is 41.0 Å². The molecule has 3 amide bonds. The number of hydrogen-bond acceptors (Lipinski definition) is 8. The van der Waals surface area contributed by atoms with Gasteiger partial charge in [0.25, 0.3) is 5.91 Å². The van der Waals surface area contributed by atoms with Crippen molar-refractivity contribution in [2.45, 2.75) is 44.9 Å². The van der Waals surface area contributed by atoms with E-state index in [4.69, 9.17) is 14.7 Å². The number of fused-ring (bicyclic) bond motifs is 1. The average Bonchev–Trinajstić information content (AvgIpc) is 3.31. The molecular formula is C27H36N8O4. The standard InChI is InChI=1S/C27H36N8O4/c1-17-16-39-14-13-35(17)24-20-9-12-34(25(36)27(2,3)38)15-21(20)29-23(31-24)18-5-7-19(8-6-18)28-26(37)30-22-10-11-33(4)32-22/h5-8,10-11,17,20-21,38H,9,12-16H2,1-4H3,(H2,28,30,32,37)/t17-,20?,21?/m0/s1. The second kappa shape index (κ2) is 10.8. The largest absolute Gasteiger partial charge is 0.381 e. The summed E-state index contributed by atoms with van der Waals surface area (Å²) < 4.78 is 7.28. The van der Waals surface area contributed by atoms with E-state index in [9.17, 15) is 14.7 Å². The minimum atomic E-state index is -1.44. The number of amidine groups is 2. The number of nitrogens with one attached hydrogen (secondary N) is 2. The van der Waals surface area contributed by atoms with Crippen molar-refractivity contribution in [1.29, 1.82) is 0 Å². The number of piperidine rings is 1. The van der Waals surface area contributed by atoms with Crippen LogP contribution in [0.1, 0.15) is 32.8 Å². The third-order valence-corrected chi connectivity index (χ3v) is 7.25. The summed E-state index contributed by atoms with van der Waals surface area (Å²) in [7, 11) is 1.78. The van der Waals surface area contributed by atoms with Gasteiger partial charge in [-0.05, 0) is 51.5 Å². The van der Waals surface area contributed by atoms with E-state index in [0.717, 1.165) is 24.4 Å². The van der Waals surface area contributed by atoms with Gasteiger partial charge >= 0.3 is 6.03 Å². The number of nitrogens with zero attached hydrogens (tertiary/aromatic N) is 6. The van der Waals surface area contributed by atoms with Gasteiger partial charge in [0.2, 0.25) is 0 Å². The Morgan fingerprint density at radius 2 is 1.90 bits per heavy atom. The molecule has 39 heavy (non-hydrogen) atoms. The quantitative estimate of drug-likeness (QED) is 0.546. The normalized spacial score (nSPS) is 23.5. The molecule has 3 aliphatic rings. The number of anilines is 2. The summed E-state index contributed by atoms with van der Waals surface area (Å²) in [5.74, 6) is 1.82. The molecule has 0 spiro atoms. The molecule has 5 rings (SSSR count). The lowest BCUT2D eigenvalue weighted by Crippen LogP contribution is -2.58. The van der Waals surface area contributed by atoms with Crippen molar-refractivity contribution in [1.82, 2.24) is 19.6 Å². The predicted molar refractivity (Wildman–Crippen MR) is 148 cm³/mol. The van der Waals surface area contributed by atoms with Crippen LogP contribution in [0.25, 0.3) is 0 Å². The summed E-state index contributed by atoms with van der Waals surface area (Å²) in [5.41, 5.74) is -0.00405. The summed E-state index contributed by atoms with van der Waals surface area (Å²) in [4.78, 5) is 39.3. The molecular weight excluding hydrogens is 500 g/mol. The Bertz CT molecular complexity index is 1280. The number of aliphatic imine (C=N–C) groups is 2. The van der Waals surface area contributed by atoms with Crippen molar-refractivity contribution in [3.05, 3.63) is 42.1 Å². The topological polar surface area (TPSA) is 137 Å². The molecule has 1 aromatic heterocycles. The number of rotatable bonds is 4. The molecule has 2 fully saturated rings. The first-order valence-corrected chi connectivity index (χ1v) is 13.3. The van der Waals surface area contributed by atoms with Crippen molar-refractivity contribution in [2.24, 2.45) is 23.0 Å². The lowest BCUT2D eigenvalue weighted by atomic mass is 9.87. The van der Waals surface area contributed by atoms with Gasteiger partial charge < -0.3 is 25.0 Å². The molecule has 0 radical (unpaired) electrons. The van der Waals surface area contributed by atoms with Crippen LogP contribution in [0, 0.1) is 5.92 Å². The fraction of sp³-hybridized carbons (Fsp3) is 0.519. The fourth-order valence-corrected chi connectivity index (χ4v) is 5.26. The maximum absolute atomic E-state index is 12.8. The highest BCUT2D eigenvalue weighted by Gasteiger charge is 2.42. The van der Waals surface area contributed by atoms with Crippen LogP contribution in [0.15, 0.2) is 46.5 Å². The van der Waals surface area contributed by atoms with Gasteiger partial charge in [0.1, 0.15) is 11.4 Å². The Morgan fingerprint density at radius 1 is 1.13 bits per heavy atom. The smallest absolute Gasteiger partial charge is 0.324 e. The third kappa shape index (κ3) is 5.96. The summed E-state index contributed by atoms with van der Waals surface area (Å²) in [6, 6.07) is 8.69. The highest BCUT2D eigenvalue weighted by atomic mass is 16.5. The predicted octanol–water partition coefficient (Wildman–Crippen LogP) is 1.93. The van der Waals surface area contributed by atoms with E-state index in [2.05, 4.69) is 27.6 Å². The Kier molecular flexibility index (Phi) is 7.41. The van der Waals surface area contributed by atoms with Crippen molar-refractivity contribution in [3.8, 4) is 0 Å². The molecule has 1 aromatic carbocycles. The van der Waals surface area contributed by atoms with Crippen LogP contribution in [-0.4, -0.2) is 98.8 Å². The first-order chi connectivity index (χ1) is 18.6. The summed E-state index contributed by atoms with van der Waals surface area (Å²) in [5, 5.41) is 20.0. The van der Waals surface area contributed by atoms with E-state index in [0.29, 0.717) is 43.6 Å². The Hall–Kier alpha value is -3.77. The highest BCUT2D eigenvalue weighted by Crippen LogP contribution is 2.31. The SMILES string of the molecule is C[C@H]1COCCN1C1=NC(c2ccc(NC(=O)Nc3ccn(C)n3)cc2)=NC2CN(C(=O)C(C)(C)O)CCC12. The molecule has 3 N–H and O–H groups in total. The first-order valence-electron chi connectivity index (χ1n) is 13.3. The Balaban J connectivity index is 1.37. The maximum Gasteiger partial charge on any atom is 0.324 e. The van der Waals surface area contributed by atoms with Crippen LogP contribution in [0.4, 0.5) is 16.3 Å². The van der Waals surface area contributed by atoms with Crippen LogP contribution in [0.2, 0.25) is 0 Å². The second-order valence-electron chi connectivity index (χ2n) is 10.8. The van der Waals surface area contributed by atoms with Crippen LogP contribution >= 0.6 is 0 Å². The van der Waals surface area contributed by atoms with Crippen molar-refractivity contribution in [3.63, 3.8) is 0 Å². The number of urea groups is 1. The van der Waals surface area contributed by atoms with Crippen molar-refractivity contribution >= 4 is 35.1 Å². The zero-order chi connectivity index (χ0) is 27.7. The van der Waals surface area contributed by atoms with Crippen molar-refractivity contribution in [2.75, 3.05) is 43.5 Å². The molecule has 12 heteroatoms. The maximum atomic E-state index is 12.8. The number of benzene rings is 1. The minimum absolute atomic E-state index is 0.0800. The molecule has 0 saturated carbocycles. The van der Waals surface area contributed by atoms with Gasteiger partial charge in [-0.25, -0.2) is 9.79 Å². The molecule has 2 aromatic rings. The number of carbonyl (C=O) groups excluding carboxylic acids is 2. The van der Waals surface area contributed by atoms with Crippen molar-refractivity contribution < 1.29 is 19.4 Å². The monoisotopic (exact) mass is 536 g/mol. The summed E-state index contributed by atoms with van der Waals surface area (Å²) in [6.45, 7) is 8.15. The number of carbonyl (C=O) groups is 2. The number of aliphatic hydroxyl groups is 1.